The number of hydrogen-bond acceptors (Lipinski definition) is 3. The molecule has 0 amide bonds. The minimum Gasteiger partial charge on any atom is -0.462 e. The van der Waals surface area contributed by atoms with Crippen molar-refractivity contribution in [1.82, 2.24) is 5.32 Å². The smallest absolute Gasteiger partial charge is 0.338 e. The first-order valence-corrected chi connectivity index (χ1v) is 8.93. The topological polar surface area (TPSA) is 50.4 Å². The Kier molecular flexibility index (Phi) is 7.70. The van der Waals surface area contributed by atoms with E-state index in [0.29, 0.717) is 28.9 Å². The number of hydrogen-bond donors (Lipinski definition) is 2. The van der Waals surface area contributed by atoms with Crippen LogP contribution in [0.2, 0.25) is 5.02 Å². The molecule has 0 bridgehead atoms. The maximum absolute atomic E-state index is 11.8. The molecule has 2 rings (SSSR count). The summed E-state index contributed by atoms with van der Waals surface area (Å²) in [5.41, 5.74) is 2.42. The molecule has 0 aromatic heterocycles. The molecule has 4 nitrogen and oxygen atoms in total. The van der Waals surface area contributed by atoms with Gasteiger partial charge in [-0.25, -0.2) is 4.79 Å². The largest absolute Gasteiger partial charge is 0.462 e. The minimum absolute atomic E-state index is 0.302. The monoisotopic (exact) mass is 376 g/mol. The van der Waals surface area contributed by atoms with Gasteiger partial charge in [-0.3, -0.25) is 0 Å². The quantitative estimate of drug-likeness (QED) is 0.413. The number of esters is 1. The summed E-state index contributed by atoms with van der Waals surface area (Å²) >= 11 is 11.1. The molecule has 2 aromatic rings. The molecular weight excluding hydrogens is 356 g/mol. The van der Waals surface area contributed by atoms with Crippen LogP contribution in [-0.2, 0) is 11.3 Å². The molecule has 0 spiro atoms. The predicted molar refractivity (Wildman–Crippen MR) is 106 cm³/mol. The highest BCUT2D eigenvalue weighted by atomic mass is 35.5. The van der Waals surface area contributed by atoms with Crippen LogP contribution in [0.4, 0.5) is 5.69 Å². The summed E-state index contributed by atoms with van der Waals surface area (Å²) in [4.78, 5) is 11.8. The van der Waals surface area contributed by atoms with Crippen LogP contribution in [0.1, 0.15) is 35.7 Å². The normalized spacial score (nSPS) is 10.2. The van der Waals surface area contributed by atoms with Crippen LogP contribution in [0.5, 0.6) is 0 Å². The lowest BCUT2D eigenvalue weighted by Crippen LogP contribution is -2.27. The van der Waals surface area contributed by atoms with Gasteiger partial charge in [0.2, 0.25) is 0 Å². The molecule has 0 fully saturated rings. The van der Waals surface area contributed by atoms with Crippen LogP contribution in [0, 0.1) is 0 Å². The Hall–Kier alpha value is -2.11. The third-order valence-corrected chi connectivity index (χ3v) is 3.97. The number of halogens is 1. The van der Waals surface area contributed by atoms with E-state index in [1.807, 2.05) is 24.3 Å². The van der Waals surface area contributed by atoms with Crippen LogP contribution in [-0.4, -0.2) is 17.7 Å². The van der Waals surface area contributed by atoms with Gasteiger partial charge in [0.05, 0.1) is 12.2 Å². The number of ether oxygens (including phenoxy) is 1. The molecule has 0 unspecified atom stereocenters. The van der Waals surface area contributed by atoms with Crippen molar-refractivity contribution in [2.45, 2.75) is 26.3 Å². The van der Waals surface area contributed by atoms with Gasteiger partial charge in [-0.15, -0.1) is 0 Å². The highest BCUT2D eigenvalue weighted by molar-refractivity contribution is 7.80. The predicted octanol–water partition coefficient (Wildman–Crippen LogP) is 4.78. The average Bonchev–Trinajstić information content (AvgIpc) is 2.62. The van der Waals surface area contributed by atoms with E-state index in [0.717, 1.165) is 24.1 Å². The van der Waals surface area contributed by atoms with Crippen molar-refractivity contribution in [2.24, 2.45) is 0 Å². The molecule has 0 aliphatic heterocycles. The van der Waals surface area contributed by atoms with E-state index in [-0.39, 0.29) is 5.97 Å². The first-order chi connectivity index (χ1) is 12.1. The third-order valence-electron chi connectivity index (χ3n) is 3.48. The summed E-state index contributed by atoms with van der Waals surface area (Å²) in [6.07, 6.45) is 1.87. The summed E-state index contributed by atoms with van der Waals surface area (Å²) in [6, 6.07) is 14.6. The Morgan fingerprint density at radius 2 is 1.80 bits per heavy atom. The Labute approximate surface area is 158 Å². The molecule has 0 saturated carbocycles. The van der Waals surface area contributed by atoms with E-state index in [9.17, 15) is 4.79 Å². The van der Waals surface area contributed by atoms with Gasteiger partial charge in [-0.2, -0.15) is 0 Å². The van der Waals surface area contributed by atoms with Crippen LogP contribution >= 0.6 is 23.8 Å². The SMILES string of the molecule is CCCCOC(=O)c1ccc(NC(=S)NCc2ccc(Cl)cc2)cc1. The first kappa shape index (κ1) is 19.2. The molecular formula is C19H21ClN2O2S. The Morgan fingerprint density at radius 3 is 2.44 bits per heavy atom. The fourth-order valence-corrected chi connectivity index (χ4v) is 2.36. The van der Waals surface area contributed by atoms with Gasteiger partial charge in [0.1, 0.15) is 0 Å². The zero-order valence-electron chi connectivity index (χ0n) is 14.0. The molecule has 0 saturated heterocycles. The van der Waals surface area contributed by atoms with E-state index in [4.69, 9.17) is 28.6 Å². The van der Waals surface area contributed by atoms with Crippen LogP contribution < -0.4 is 10.6 Å². The standard InChI is InChI=1S/C19H21ClN2O2S/c1-2-3-12-24-18(23)15-6-10-17(11-7-15)22-19(25)21-13-14-4-8-16(20)9-5-14/h4-11H,2-3,12-13H2,1H3,(H2,21,22,25). The molecule has 0 aliphatic carbocycles. The van der Waals surface area contributed by atoms with Crippen molar-refractivity contribution in [3.63, 3.8) is 0 Å². The molecule has 132 valence electrons. The number of carbonyl (C=O) groups excluding carboxylic acids is 1. The van der Waals surface area contributed by atoms with Gasteiger partial charge in [0.15, 0.2) is 5.11 Å². The van der Waals surface area contributed by atoms with E-state index < -0.39 is 0 Å². The summed E-state index contributed by atoms with van der Waals surface area (Å²) in [6.45, 7) is 3.11. The molecule has 0 heterocycles. The molecule has 2 N–H and O–H groups in total. The molecule has 25 heavy (non-hydrogen) atoms. The second-order valence-corrected chi connectivity index (χ2v) is 6.35. The van der Waals surface area contributed by atoms with Crippen molar-refractivity contribution in [1.29, 1.82) is 0 Å². The number of nitrogens with one attached hydrogen (secondary N) is 2. The van der Waals surface area contributed by atoms with Gasteiger partial charge in [-0.1, -0.05) is 37.1 Å². The summed E-state index contributed by atoms with van der Waals surface area (Å²) in [5, 5.41) is 7.42. The van der Waals surface area contributed by atoms with Crippen molar-refractivity contribution >= 4 is 40.6 Å². The maximum Gasteiger partial charge on any atom is 0.338 e. The van der Waals surface area contributed by atoms with Crippen LogP contribution in [0.3, 0.4) is 0 Å². The fourth-order valence-electron chi connectivity index (χ4n) is 2.04. The second kappa shape index (κ2) is 10.0. The first-order valence-electron chi connectivity index (χ1n) is 8.15. The second-order valence-electron chi connectivity index (χ2n) is 5.50. The van der Waals surface area contributed by atoms with E-state index in [1.165, 1.54) is 0 Å². The Balaban J connectivity index is 1.80. The van der Waals surface area contributed by atoms with Gasteiger partial charge in [0, 0.05) is 17.3 Å². The molecule has 0 aliphatic rings. The molecule has 0 atom stereocenters. The number of unbranched alkanes of at least 4 members (excludes halogenated alkanes) is 1. The molecule has 0 radical (unpaired) electrons. The highest BCUT2D eigenvalue weighted by Crippen LogP contribution is 2.12. The van der Waals surface area contributed by atoms with Crippen molar-refractivity contribution in [3.05, 3.63) is 64.7 Å². The van der Waals surface area contributed by atoms with Crippen molar-refractivity contribution in [2.75, 3.05) is 11.9 Å². The van der Waals surface area contributed by atoms with Gasteiger partial charge < -0.3 is 15.4 Å². The zero-order valence-corrected chi connectivity index (χ0v) is 15.6. The third kappa shape index (κ3) is 6.72. The summed E-state index contributed by atoms with van der Waals surface area (Å²) < 4.78 is 5.18. The lowest BCUT2D eigenvalue weighted by atomic mass is 10.2. The molecule has 6 heteroatoms. The van der Waals surface area contributed by atoms with Gasteiger partial charge in [0.25, 0.3) is 0 Å². The Morgan fingerprint density at radius 1 is 1.12 bits per heavy atom. The lowest BCUT2D eigenvalue weighted by molar-refractivity contribution is 0.0500. The number of anilines is 1. The highest BCUT2D eigenvalue weighted by Gasteiger charge is 2.07. The summed E-state index contributed by atoms with van der Waals surface area (Å²) in [7, 11) is 0. The maximum atomic E-state index is 11.8. The van der Waals surface area contributed by atoms with E-state index in [2.05, 4.69) is 17.6 Å². The average molecular weight is 377 g/mol. The minimum atomic E-state index is -0.302. The van der Waals surface area contributed by atoms with E-state index >= 15 is 0 Å². The molecule has 2 aromatic carbocycles. The number of benzene rings is 2. The fraction of sp³-hybridized carbons (Fsp3) is 0.263. The lowest BCUT2D eigenvalue weighted by Gasteiger charge is -2.11. The van der Waals surface area contributed by atoms with E-state index in [1.54, 1.807) is 24.3 Å². The van der Waals surface area contributed by atoms with Crippen molar-refractivity contribution in [3.8, 4) is 0 Å². The van der Waals surface area contributed by atoms with Crippen molar-refractivity contribution < 1.29 is 9.53 Å². The van der Waals surface area contributed by atoms with Gasteiger partial charge in [-0.05, 0) is 60.6 Å². The van der Waals surface area contributed by atoms with Crippen LogP contribution in [0.25, 0.3) is 0 Å². The van der Waals surface area contributed by atoms with Gasteiger partial charge >= 0.3 is 5.97 Å². The number of rotatable bonds is 7. The zero-order chi connectivity index (χ0) is 18.1. The Bertz CT molecular complexity index is 702. The number of carbonyl (C=O) groups is 1. The van der Waals surface area contributed by atoms with Crippen LogP contribution in [0.15, 0.2) is 48.5 Å². The summed E-state index contributed by atoms with van der Waals surface area (Å²) in [5.74, 6) is -0.302. The number of thiocarbonyl (C=S) groups is 1.